The number of H-pyrrole nitrogens is 1. The van der Waals surface area contributed by atoms with Crippen molar-refractivity contribution in [2.24, 2.45) is 11.8 Å². The van der Waals surface area contributed by atoms with Gasteiger partial charge in [-0.05, 0) is 30.6 Å². The Morgan fingerprint density at radius 2 is 2.47 bits per heavy atom. The van der Waals surface area contributed by atoms with Gasteiger partial charge < -0.3 is 15.6 Å². The Balaban J connectivity index is 1.76. The van der Waals surface area contributed by atoms with Gasteiger partial charge in [-0.3, -0.25) is 4.79 Å². The Bertz CT molecular complexity index is 317. The van der Waals surface area contributed by atoms with Gasteiger partial charge in [-0.1, -0.05) is 6.92 Å². The molecule has 0 saturated carbocycles. The maximum Gasteiger partial charge on any atom is 0.223 e. The van der Waals surface area contributed by atoms with E-state index in [9.17, 15) is 4.79 Å². The molecular formula is C11H17N3O. The molecule has 0 spiro atoms. The third kappa shape index (κ3) is 2.39. The molecule has 1 atom stereocenters. The van der Waals surface area contributed by atoms with E-state index in [1.165, 1.54) is 0 Å². The van der Waals surface area contributed by atoms with E-state index < -0.39 is 0 Å². The molecule has 82 valence electrons. The van der Waals surface area contributed by atoms with Crippen molar-refractivity contribution in [3.63, 3.8) is 0 Å². The second kappa shape index (κ2) is 4.49. The third-order valence-electron chi connectivity index (χ3n) is 3.06. The fourth-order valence-electron chi connectivity index (χ4n) is 1.70. The van der Waals surface area contributed by atoms with Crippen LogP contribution in [0.5, 0.6) is 0 Å². The smallest absolute Gasteiger partial charge is 0.223 e. The summed E-state index contributed by atoms with van der Waals surface area (Å²) in [5.41, 5.74) is 1.11. The summed E-state index contributed by atoms with van der Waals surface area (Å²) in [4.78, 5) is 14.7. The average molecular weight is 207 g/mol. The van der Waals surface area contributed by atoms with E-state index in [0.717, 1.165) is 18.7 Å². The van der Waals surface area contributed by atoms with Crippen molar-refractivity contribution >= 4 is 5.91 Å². The number of carbonyl (C=O) groups is 1. The second-order valence-corrected chi connectivity index (χ2v) is 4.14. The van der Waals surface area contributed by atoms with Crippen LogP contribution in [0.15, 0.2) is 18.5 Å². The molecule has 15 heavy (non-hydrogen) atoms. The highest BCUT2D eigenvalue weighted by Crippen LogP contribution is 2.15. The molecular weight excluding hydrogens is 190 g/mol. The van der Waals surface area contributed by atoms with Gasteiger partial charge >= 0.3 is 0 Å². The predicted molar refractivity (Wildman–Crippen MR) is 58.2 cm³/mol. The van der Waals surface area contributed by atoms with Crippen molar-refractivity contribution in [1.82, 2.24) is 15.6 Å². The minimum Gasteiger partial charge on any atom is -0.367 e. The number of nitrogens with one attached hydrogen (secondary N) is 3. The SMILES string of the molecule is CC(C(=O)NCc1cc[nH]c1)C1CNC1. The first-order valence-electron chi connectivity index (χ1n) is 5.37. The van der Waals surface area contributed by atoms with Gasteiger partial charge in [0.2, 0.25) is 5.91 Å². The van der Waals surface area contributed by atoms with Crippen molar-refractivity contribution in [2.75, 3.05) is 13.1 Å². The molecule has 4 nitrogen and oxygen atoms in total. The standard InChI is InChI=1S/C11H17N3O/c1-8(10-6-13-7-10)11(15)14-5-9-2-3-12-4-9/h2-4,8,10,12-13H,5-7H2,1H3,(H,14,15). The predicted octanol–water partition coefficient (Wildman–Crippen LogP) is 0.486. The molecule has 2 rings (SSSR count). The number of rotatable bonds is 4. The van der Waals surface area contributed by atoms with Gasteiger partial charge in [0.05, 0.1) is 0 Å². The fourth-order valence-corrected chi connectivity index (χ4v) is 1.70. The number of aromatic nitrogens is 1. The molecule has 4 heteroatoms. The van der Waals surface area contributed by atoms with Gasteiger partial charge in [0.15, 0.2) is 0 Å². The van der Waals surface area contributed by atoms with Crippen molar-refractivity contribution in [3.05, 3.63) is 24.0 Å². The summed E-state index contributed by atoms with van der Waals surface area (Å²) >= 11 is 0. The summed E-state index contributed by atoms with van der Waals surface area (Å²) < 4.78 is 0. The Hall–Kier alpha value is -1.29. The topological polar surface area (TPSA) is 56.9 Å². The van der Waals surface area contributed by atoms with E-state index in [0.29, 0.717) is 12.5 Å². The Morgan fingerprint density at radius 1 is 1.67 bits per heavy atom. The van der Waals surface area contributed by atoms with Crippen molar-refractivity contribution in [1.29, 1.82) is 0 Å². The van der Waals surface area contributed by atoms with Gasteiger partial charge in [-0.25, -0.2) is 0 Å². The molecule has 1 saturated heterocycles. The van der Waals surface area contributed by atoms with Crippen LogP contribution in [0.2, 0.25) is 0 Å². The Kier molecular flexibility index (Phi) is 3.06. The normalized spacial score (nSPS) is 18.2. The molecule has 0 aliphatic carbocycles. The molecule has 3 N–H and O–H groups in total. The lowest BCUT2D eigenvalue weighted by molar-refractivity contribution is -0.126. The molecule has 1 aromatic rings. The Morgan fingerprint density at radius 3 is 3.00 bits per heavy atom. The van der Waals surface area contributed by atoms with Crippen molar-refractivity contribution < 1.29 is 4.79 Å². The molecule has 1 fully saturated rings. The van der Waals surface area contributed by atoms with Gasteiger partial charge in [0.25, 0.3) is 0 Å². The van der Waals surface area contributed by atoms with Crippen LogP contribution in [0.1, 0.15) is 12.5 Å². The average Bonchev–Trinajstić information content (AvgIpc) is 2.63. The third-order valence-corrected chi connectivity index (χ3v) is 3.06. The van der Waals surface area contributed by atoms with E-state index in [-0.39, 0.29) is 11.8 Å². The monoisotopic (exact) mass is 207 g/mol. The molecule has 0 aromatic carbocycles. The van der Waals surface area contributed by atoms with Crippen LogP contribution in [0.25, 0.3) is 0 Å². The second-order valence-electron chi connectivity index (χ2n) is 4.14. The zero-order valence-electron chi connectivity index (χ0n) is 8.92. The first-order chi connectivity index (χ1) is 7.27. The summed E-state index contributed by atoms with van der Waals surface area (Å²) in [5, 5.41) is 6.13. The number of carbonyl (C=O) groups excluding carboxylic acids is 1. The van der Waals surface area contributed by atoms with Crippen LogP contribution >= 0.6 is 0 Å². The summed E-state index contributed by atoms with van der Waals surface area (Å²) in [6.07, 6.45) is 3.76. The quantitative estimate of drug-likeness (QED) is 0.673. The number of hydrogen-bond acceptors (Lipinski definition) is 2. The molecule has 0 bridgehead atoms. The van der Waals surface area contributed by atoms with E-state index in [4.69, 9.17) is 0 Å². The summed E-state index contributed by atoms with van der Waals surface area (Å²) in [7, 11) is 0. The lowest BCUT2D eigenvalue weighted by Gasteiger charge is -2.31. The number of hydrogen-bond donors (Lipinski definition) is 3. The van der Waals surface area contributed by atoms with Crippen LogP contribution in [0.4, 0.5) is 0 Å². The molecule has 0 radical (unpaired) electrons. The Labute approximate surface area is 89.5 Å². The zero-order valence-corrected chi connectivity index (χ0v) is 8.92. The van der Waals surface area contributed by atoms with Crippen LogP contribution in [0.3, 0.4) is 0 Å². The van der Waals surface area contributed by atoms with Crippen LogP contribution in [-0.2, 0) is 11.3 Å². The summed E-state index contributed by atoms with van der Waals surface area (Å²) in [6, 6.07) is 1.97. The van der Waals surface area contributed by atoms with E-state index >= 15 is 0 Å². The molecule has 1 unspecified atom stereocenters. The minimum absolute atomic E-state index is 0.116. The first-order valence-corrected chi connectivity index (χ1v) is 5.37. The van der Waals surface area contributed by atoms with Gasteiger partial charge in [-0.15, -0.1) is 0 Å². The van der Waals surface area contributed by atoms with Gasteiger partial charge in [0, 0.05) is 24.9 Å². The highest BCUT2D eigenvalue weighted by atomic mass is 16.1. The maximum atomic E-state index is 11.7. The van der Waals surface area contributed by atoms with Crippen LogP contribution in [-0.4, -0.2) is 24.0 Å². The lowest BCUT2D eigenvalue weighted by Crippen LogP contribution is -2.49. The van der Waals surface area contributed by atoms with Crippen molar-refractivity contribution in [3.8, 4) is 0 Å². The summed E-state index contributed by atoms with van der Waals surface area (Å²) in [6.45, 7) is 4.56. The maximum absolute atomic E-state index is 11.7. The highest BCUT2D eigenvalue weighted by molar-refractivity contribution is 5.78. The highest BCUT2D eigenvalue weighted by Gasteiger charge is 2.28. The molecule has 1 aromatic heterocycles. The van der Waals surface area contributed by atoms with Gasteiger partial charge in [-0.2, -0.15) is 0 Å². The molecule has 1 aliphatic heterocycles. The molecule has 1 aliphatic rings. The molecule has 2 heterocycles. The van der Waals surface area contributed by atoms with Crippen LogP contribution < -0.4 is 10.6 Å². The largest absolute Gasteiger partial charge is 0.367 e. The fraction of sp³-hybridized carbons (Fsp3) is 0.545. The lowest BCUT2D eigenvalue weighted by atomic mass is 9.88. The molecule has 1 amide bonds. The minimum atomic E-state index is 0.116. The van der Waals surface area contributed by atoms with Crippen LogP contribution in [0, 0.1) is 11.8 Å². The zero-order chi connectivity index (χ0) is 10.7. The van der Waals surface area contributed by atoms with E-state index in [1.807, 2.05) is 25.4 Å². The first kappa shape index (κ1) is 10.2. The van der Waals surface area contributed by atoms with Crippen molar-refractivity contribution in [2.45, 2.75) is 13.5 Å². The van der Waals surface area contributed by atoms with Gasteiger partial charge in [0.1, 0.15) is 0 Å². The number of aromatic amines is 1. The summed E-state index contributed by atoms with van der Waals surface area (Å²) in [5.74, 6) is 0.782. The number of amides is 1. The van der Waals surface area contributed by atoms with E-state index in [2.05, 4.69) is 15.6 Å². The van der Waals surface area contributed by atoms with E-state index in [1.54, 1.807) is 0 Å².